The van der Waals surface area contributed by atoms with Gasteiger partial charge in [0.05, 0.1) is 0 Å². The van der Waals surface area contributed by atoms with E-state index in [2.05, 4.69) is 6.92 Å². The van der Waals surface area contributed by atoms with Crippen molar-refractivity contribution in [2.45, 2.75) is 33.1 Å². The molecule has 0 aliphatic heterocycles. The zero-order valence-corrected chi connectivity index (χ0v) is 7.76. The molecule has 2 fully saturated rings. The van der Waals surface area contributed by atoms with Gasteiger partial charge in [0.1, 0.15) is 5.78 Å². The fourth-order valence-corrected chi connectivity index (χ4v) is 3.06. The normalized spacial score (nSPS) is 51.9. The van der Waals surface area contributed by atoms with E-state index in [-0.39, 0.29) is 17.4 Å². The summed E-state index contributed by atoms with van der Waals surface area (Å²) in [4.78, 5) is 11.6. The fraction of sp³-hybridized carbons (Fsp3) is 0.900. The number of carbonyl (C=O) groups excluding carboxylic acids is 1. The van der Waals surface area contributed by atoms with Crippen molar-refractivity contribution in [2.24, 2.45) is 16.7 Å². The number of fused-ring (bicyclic) bond motifs is 2. The van der Waals surface area contributed by atoms with Gasteiger partial charge in [-0.1, -0.05) is 13.8 Å². The van der Waals surface area contributed by atoms with Crippen LogP contribution >= 0.6 is 0 Å². The molecule has 2 aliphatic rings. The third-order valence-electron chi connectivity index (χ3n) is 4.53. The zero-order chi connectivity index (χ0) is 8.98. The first-order valence-corrected chi connectivity index (χ1v) is 4.69. The van der Waals surface area contributed by atoms with E-state index in [4.69, 9.17) is 0 Å². The SMILES string of the molecule is CC1(CO)[C@@H]2CC[C@@]1(C)C(=O)C2. The molecule has 0 aromatic rings. The molecule has 68 valence electrons. The second-order valence-corrected chi connectivity index (χ2v) is 4.77. The summed E-state index contributed by atoms with van der Waals surface area (Å²) < 4.78 is 0. The molecule has 2 bridgehead atoms. The number of hydrogen-bond donors (Lipinski definition) is 1. The van der Waals surface area contributed by atoms with Crippen molar-refractivity contribution in [2.75, 3.05) is 6.61 Å². The monoisotopic (exact) mass is 168 g/mol. The lowest BCUT2D eigenvalue weighted by atomic mass is 9.69. The molecule has 2 saturated carbocycles. The molecule has 2 heteroatoms. The van der Waals surface area contributed by atoms with Crippen LogP contribution in [-0.4, -0.2) is 17.5 Å². The third kappa shape index (κ3) is 0.634. The average molecular weight is 168 g/mol. The summed E-state index contributed by atoms with van der Waals surface area (Å²) in [6.07, 6.45) is 2.81. The molecule has 3 atom stereocenters. The minimum atomic E-state index is -0.216. The number of hydrogen-bond acceptors (Lipinski definition) is 2. The van der Waals surface area contributed by atoms with Crippen molar-refractivity contribution in [3.8, 4) is 0 Å². The van der Waals surface area contributed by atoms with Crippen LogP contribution in [0.15, 0.2) is 0 Å². The van der Waals surface area contributed by atoms with Gasteiger partial charge in [-0.3, -0.25) is 4.79 Å². The van der Waals surface area contributed by atoms with Crippen LogP contribution in [0.4, 0.5) is 0 Å². The van der Waals surface area contributed by atoms with Crippen molar-refractivity contribution in [1.82, 2.24) is 0 Å². The zero-order valence-electron chi connectivity index (χ0n) is 7.76. The van der Waals surface area contributed by atoms with Crippen molar-refractivity contribution < 1.29 is 9.90 Å². The Morgan fingerprint density at radius 1 is 1.58 bits per heavy atom. The molecule has 0 heterocycles. The fourth-order valence-electron chi connectivity index (χ4n) is 3.06. The quantitative estimate of drug-likeness (QED) is 0.642. The van der Waals surface area contributed by atoms with Crippen LogP contribution in [0.1, 0.15) is 33.1 Å². The highest BCUT2D eigenvalue weighted by Gasteiger charge is 2.63. The van der Waals surface area contributed by atoms with Gasteiger partial charge in [0, 0.05) is 23.9 Å². The lowest BCUT2D eigenvalue weighted by Crippen LogP contribution is -2.37. The molecule has 1 N–H and O–H groups in total. The van der Waals surface area contributed by atoms with Gasteiger partial charge in [-0.25, -0.2) is 0 Å². The van der Waals surface area contributed by atoms with Crippen LogP contribution in [-0.2, 0) is 4.79 Å². The highest BCUT2D eigenvalue weighted by atomic mass is 16.3. The van der Waals surface area contributed by atoms with Crippen molar-refractivity contribution in [1.29, 1.82) is 0 Å². The maximum absolute atomic E-state index is 11.6. The maximum Gasteiger partial charge on any atom is 0.139 e. The third-order valence-corrected chi connectivity index (χ3v) is 4.53. The van der Waals surface area contributed by atoms with Gasteiger partial charge in [0.25, 0.3) is 0 Å². The Hall–Kier alpha value is -0.370. The van der Waals surface area contributed by atoms with E-state index in [1.807, 2.05) is 6.92 Å². The lowest BCUT2D eigenvalue weighted by Gasteiger charge is -2.34. The maximum atomic E-state index is 11.6. The predicted octanol–water partition coefficient (Wildman–Crippen LogP) is 1.37. The highest BCUT2D eigenvalue weighted by Crippen LogP contribution is 2.63. The second-order valence-electron chi connectivity index (χ2n) is 4.77. The Balaban J connectivity index is 2.44. The molecule has 2 rings (SSSR count). The molecule has 1 unspecified atom stereocenters. The van der Waals surface area contributed by atoms with E-state index >= 15 is 0 Å². The van der Waals surface area contributed by atoms with E-state index in [1.165, 1.54) is 0 Å². The van der Waals surface area contributed by atoms with Crippen LogP contribution in [0.25, 0.3) is 0 Å². The Kier molecular flexibility index (Phi) is 1.45. The summed E-state index contributed by atoms with van der Waals surface area (Å²) in [6.45, 7) is 4.26. The van der Waals surface area contributed by atoms with E-state index in [9.17, 15) is 9.90 Å². The summed E-state index contributed by atoms with van der Waals surface area (Å²) in [7, 11) is 0. The summed E-state index contributed by atoms with van der Waals surface area (Å²) in [5.74, 6) is 0.815. The largest absolute Gasteiger partial charge is 0.396 e. The van der Waals surface area contributed by atoms with Crippen molar-refractivity contribution in [3.63, 3.8) is 0 Å². The molecule has 0 aromatic heterocycles. The van der Waals surface area contributed by atoms with Gasteiger partial charge < -0.3 is 5.11 Å². The molecule has 0 saturated heterocycles. The standard InChI is InChI=1S/C10H16O2/c1-9-4-3-7(5-8(9)12)10(9,2)6-11/h7,11H,3-6H2,1-2H3/t7-,9+,10?/m1/s1. The Bertz CT molecular complexity index is 236. The molecular weight excluding hydrogens is 152 g/mol. The number of aliphatic hydroxyl groups is 1. The Labute approximate surface area is 73.0 Å². The van der Waals surface area contributed by atoms with Crippen molar-refractivity contribution >= 4 is 5.78 Å². The first-order chi connectivity index (χ1) is 5.54. The first kappa shape index (κ1) is 8.24. The van der Waals surface area contributed by atoms with E-state index in [0.29, 0.717) is 18.1 Å². The van der Waals surface area contributed by atoms with E-state index < -0.39 is 0 Å². The van der Waals surface area contributed by atoms with Crippen LogP contribution in [0.2, 0.25) is 0 Å². The second kappa shape index (κ2) is 2.11. The number of rotatable bonds is 1. The van der Waals surface area contributed by atoms with Crippen LogP contribution in [0.5, 0.6) is 0 Å². The van der Waals surface area contributed by atoms with Crippen LogP contribution in [0.3, 0.4) is 0 Å². The van der Waals surface area contributed by atoms with E-state index in [0.717, 1.165) is 12.8 Å². The van der Waals surface area contributed by atoms with Gasteiger partial charge in [0.2, 0.25) is 0 Å². The average Bonchev–Trinajstić information content (AvgIpc) is 2.39. The van der Waals surface area contributed by atoms with Gasteiger partial charge in [-0.15, -0.1) is 0 Å². The summed E-state index contributed by atoms with van der Waals surface area (Å²) in [5.41, 5.74) is -0.337. The number of aliphatic hydroxyl groups excluding tert-OH is 1. The van der Waals surface area contributed by atoms with Crippen LogP contribution < -0.4 is 0 Å². The Morgan fingerprint density at radius 2 is 2.25 bits per heavy atom. The molecule has 0 radical (unpaired) electrons. The number of ketones is 1. The lowest BCUT2D eigenvalue weighted by molar-refractivity contribution is -0.129. The van der Waals surface area contributed by atoms with Gasteiger partial charge >= 0.3 is 0 Å². The highest BCUT2D eigenvalue weighted by molar-refractivity contribution is 5.89. The minimum absolute atomic E-state index is 0.121. The Morgan fingerprint density at radius 3 is 2.50 bits per heavy atom. The molecule has 0 aromatic carbocycles. The molecule has 2 nitrogen and oxygen atoms in total. The van der Waals surface area contributed by atoms with Crippen molar-refractivity contribution in [3.05, 3.63) is 0 Å². The van der Waals surface area contributed by atoms with Gasteiger partial charge in [0.15, 0.2) is 0 Å². The van der Waals surface area contributed by atoms with Crippen LogP contribution in [0, 0.1) is 16.7 Å². The van der Waals surface area contributed by atoms with Gasteiger partial charge in [-0.05, 0) is 18.8 Å². The molecule has 12 heavy (non-hydrogen) atoms. The van der Waals surface area contributed by atoms with Gasteiger partial charge in [-0.2, -0.15) is 0 Å². The smallest absolute Gasteiger partial charge is 0.139 e. The summed E-state index contributed by atoms with van der Waals surface area (Å²) in [5, 5.41) is 9.34. The summed E-state index contributed by atoms with van der Waals surface area (Å²) in [6, 6.07) is 0. The molecule has 0 spiro atoms. The minimum Gasteiger partial charge on any atom is -0.396 e. The van der Waals surface area contributed by atoms with E-state index in [1.54, 1.807) is 0 Å². The molecular formula is C10H16O2. The number of carbonyl (C=O) groups is 1. The number of Topliss-reactive ketones (excluding diaryl/α,β-unsaturated/α-hetero) is 1. The molecule has 0 amide bonds. The topological polar surface area (TPSA) is 37.3 Å². The predicted molar refractivity (Wildman–Crippen MR) is 45.6 cm³/mol. The first-order valence-electron chi connectivity index (χ1n) is 4.69. The molecule has 2 aliphatic carbocycles. The summed E-state index contributed by atoms with van der Waals surface area (Å²) >= 11 is 0.